The highest BCUT2D eigenvalue weighted by Crippen LogP contribution is 2.13. The van der Waals surface area contributed by atoms with Crippen molar-refractivity contribution >= 4 is 36.0 Å². The quantitative estimate of drug-likeness (QED) is 0.219. The number of pyridine rings is 2. The van der Waals surface area contributed by atoms with Crippen molar-refractivity contribution in [3.05, 3.63) is 60.2 Å². The van der Waals surface area contributed by atoms with Gasteiger partial charge in [-0.1, -0.05) is 12.1 Å². The van der Waals surface area contributed by atoms with Gasteiger partial charge in [-0.05, 0) is 51.0 Å². The summed E-state index contributed by atoms with van der Waals surface area (Å²) in [5.41, 5.74) is 7.32. The Hall–Kier alpha value is -2.43. The zero-order valence-corrected chi connectivity index (χ0v) is 20.8. The van der Waals surface area contributed by atoms with Crippen LogP contribution in [0.25, 0.3) is 0 Å². The zero-order valence-electron chi connectivity index (χ0n) is 18.5. The third-order valence-electron chi connectivity index (χ3n) is 4.03. The average molecular weight is 540 g/mol. The standard InChI is InChI=1S/C22H32N6O2.HI/c1-22(2,3)30-21(29)28(17-18-8-6-11-24-16-18)15-7-13-26-20(23)27-14-10-19-9-4-5-12-25-19;/h4-6,8-9,11-12,16H,7,10,13-15,17H2,1-3H3,(H3,23,26,27);1H. The molecule has 0 spiro atoms. The molecule has 0 aliphatic rings. The summed E-state index contributed by atoms with van der Waals surface area (Å²) in [4.78, 5) is 27.0. The van der Waals surface area contributed by atoms with E-state index in [-0.39, 0.29) is 30.1 Å². The minimum atomic E-state index is -0.551. The molecule has 31 heavy (non-hydrogen) atoms. The summed E-state index contributed by atoms with van der Waals surface area (Å²) in [6, 6.07) is 9.61. The molecule has 0 aliphatic carbocycles. The third-order valence-corrected chi connectivity index (χ3v) is 4.03. The van der Waals surface area contributed by atoms with Gasteiger partial charge in [0.2, 0.25) is 0 Å². The highest BCUT2D eigenvalue weighted by atomic mass is 127. The van der Waals surface area contributed by atoms with E-state index in [1.165, 1.54) is 0 Å². The van der Waals surface area contributed by atoms with Gasteiger partial charge in [0.05, 0.1) is 6.54 Å². The Morgan fingerprint density at radius 2 is 2.03 bits per heavy atom. The minimum Gasteiger partial charge on any atom is -0.444 e. The lowest BCUT2D eigenvalue weighted by molar-refractivity contribution is 0.0232. The smallest absolute Gasteiger partial charge is 0.410 e. The number of rotatable bonds is 9. The average Bonchev–Trinajstić information content (AvgIpc) is 2.70. The van der Waals surface area contributed by atoms with E-state index in [1.54, 1.807) is 23.5 Å². The normalized spacial score (nSPS) is 11.4. The Morgan fingerprint density at radius 1 is 1.23 bits per heavy atom. The van der Waals surface area contributed by atoms with Gasteiger partial charge < -0.3 is 20.7 Å². The van der Waals surface area contributed by atoms with Crippen molar-refractivity contribution in [2.45, 2.75) is 45.8 Å². The van der Waals surface area contributed by atoms with Crippen LogP contribution in [0.5, 0.6) is 0 Å². The van der Waals surface area contributed by atoms with Crippen molar-refractivity contribution in [1.82, 2.24) is 20.2 Å². The third kappa shape index (κ3) is 11.5. The largest absolute Gasteiger partial charge is 0.444 e. The van der Waals surface area contributed by atoms with Crippen LogP contribution in [0.2, 0.25) is 0 Å². The number of nitrogens with one attached hydrogen (secondary N) is 1. The van der Waals surface area contributed by atoms with E-state index in [0.717, 1.165) is 17.7 Å². The van der Waals surface area contributed by atoms with E-state index in [9.17, 15) is 4.79 Å². The molecule has 0 unspecified atom stereocenters. The Balaban J connectivity index is 0.00000480. The Morgan fingerprint density at radius 3 is 2.68 bits per heavy atom. The van der Waals surface area contributed by atoms with Gasteiger partial charge >= 0.3 is 6.09 Å². The van der Waals surface area contributed by atoms with E-state index >= 15 is 0 Å². The Kier molecular flexibility index (Phi) is 11.8. The van der Waals surface area contributed by atoms with Crippen molar-refractivity contribution in [3.63, 3.8) is 0 Å². The minimum absolute atomic E-state index is 0. The summed E-state index contributed by atoms with van der Waals surface area (Å²) in [6.07, 6.45) is 6.32. The number of hydrogen-bond donors (Lipinski definition) is 2. The van der Waals surface area contributed by atoms with Gasteiger partial charge in [-0.2, -0.15) is 0 Å². The number of carbonyl (C=O) groups excluding carboxylic acids is 1. The number of ether oxygens (including phenoxy) is 1. The molecule has 0 aliphatic heterocycles. The summed E-state index contributed by atoms with van der Waals surface area (Å²) in [5, 5.41) is 3.09. The molecule has 2 aromatic rings. The number of guanidine groups is 1. The molecule has 0 fully saturated rings. The second-order valence-electron chi connectivity index (χ2n) is 7.88. The fourth-order valence-corrected chi connectivity index (χ4v) is 2.66. The first kappa shape index (κ1) is 26.6. The maximum absolute atomic E-state index is 12.6. The van der Waals surface area contributed by atoms with Crippen LogP contribution in [0.1, 0.15) is 38.4 Å². The first-order valence-corrected chi connectivity index (χ1v) is 10.1. The number of nitrogens with two attached hydrogens (primary N) is 1. The van der Waals surface area contributed by atoms with E-state index in [0.29, 0.717) is 38.6 Å². The first-order chi connectivity index (χ1) is 14.3. The van der Waals surface area contributed by atoms with Gasteiger partial charge in [-0.3, -0.25) is 15.0 Å². The number of carbonyl (C=O) groups is 1. The van der Waals surface area contributed by atoms with Gasteiger partial charge in [0, 0.05) is 50.3 Å². The van der Waals surface area contributed by atoms with Crippen molar-refractivity contribution in [2.75, 3.05) is 19.6 Å². The molecular weight excluding hydrogens is 507 g/mol. The molecule has 0 aromatic carbocycles. The molecule has 0 saturated heterocycles. The number of halogens is 1. The molecule has 0 saturated carbocycles. The second kappa shape index (κ2) is 13.8. The molecule has 8 nitrogen and oxygen atoms in total. The number of nitrogens with zero attached hydrogens (tertiary/aromatic N) is 4. The summed E-state index contributed by atoms with van der Waals surface area (Å²) >= 11 is 0. The molecular formula is C22H33IN6O2. The molecule has 9 heteroatoms. The molecule has 170 valence electrons. The first-order valence-electron chi connectivity index (χ1n) is 10.1. The van der Waals surface area contributed by atoms with Crippen LogP contribution in [0.15, 0.2) is 53.9 Å². The maximum Gasteiger partial charge on any atom is 0.410 e. The molecule has 2 rings (SSSR count). The van der Waals surface area contributed by atoms with E-state index in [2.05, 4.69) is 20.3 Å². The van der Waals surface area contributed by atoms with E-state index in [4.69, 9.17) is 10.5 Å². The van der Waals surface area contributed by atoms with Gasteiger partial charge in [-0.25, -0.2) is 4.79 Å². The second-order valence-corrected chi connectivity index (χ2v) is 7.88. The van der Waals surface area contributed by atoms with Gasteiger partial charge in [0.15, 0.2) is 5.96 Å². The molecule has 2 aromatic heterocycles. The van der Waals surface area contributed by atoms with Crippen LogP contribution in [0.4, 0.5) is 4.79 Å². The highest BCUT2D eigenvalue weighted by Gasteiger charge is 2.22. The van der Waals surface area contributed by atoms with Crippen LogP contribution in [-0.2, 0) is 17.7 Å². The van der Waals surface area contributed by atoms with E-state index in [1.807, 2.05) is 51.1 Å². The monoisotopic (exact) mass is 540 g/mol. The van der Waals surface area contributed by atoms with E-state index < -0.39 is 5.60 Å². The van der Waals surface area contributed by atoms with Crippen molar-refractivity contribution in [2.24, 2.45) is 10.7 Å². The maximum atomic E-state index is 12.6. The molecule has 2 heterocycles. The van der Waals surface area contributed by atoms with Crippen LogP contribution in [0.3, 0.4) is 0 Å². The summed E-state index contributed by atoms with van der Waals surface area (Å²) < 4.78 is 5.53. The zero-order chi connectivity index (χ0) is 21.8. The fraction of sp³-hybridized carbons (Fsp3) is 0.455. The lowest BCUT2D eigenvalue weighted by atomic mass is 10.2. The van der Waals surface area contributed by atoms with Crippen LogP contribution >= 0.6 is 24.0 Å². The predicted molar refractivity (Wildman–Crippen MR) is 133 cm³/mol. The molecule has 0 bridgehead atoms. The molecule has 0 radical (unpaired) electrons. The lowest BCUT2D eigenvalue weighted by Crippen LogP contribution is -2.37. The molecule has 1 amide bonds. The fourth-order valence-electron chi connectivity index (χ4n) is 2.66. The topological polar surface area (TPSA) is 106 Å². The molecule has 0 atom stereocenters. The predicted octanol–water partition coefficient (Wildman–Crippen LogP) is 3.37. The number of aromatic nitrogens is 2. The highest BCUT2D eigenvalue weighted by molar-refractivity contribution is 14.0. The molecule has 3 N–H and O–H groups in total. The van der Waals surface area contributed by atoms with Crippen molar-refractivity contribution in [1.29, 1.82) is 0 Å². The van der Waals surface area contributed by atoms with Crippen LogP contribution in [-0.4, -0.2) is 52.2 Å². The summed E-state index contributed by atoms with van der Waals surface area (Å²) in [6.45, 7) is 7.68. The van der Waals surface area contributed by atoms with Gasteiger partial charge in [0.25, 0.3) is 0 Å². The van der Waals surface area contributed by atoms with Crippen LogP contribution in [0, 0.1) is 0 Å². The number of amides is 1. The number of hydrogen-bond acceptors (Lipinski definition) is 5. The van der Waals surface area contributed by atoms with Crippen molar-refractivity contribution in [3.8, 4) is 0 Å². The lowest BCUT2D eigenvalue weighted by Gasteiger charge is -2.27. The van der Waals surface area contributed by atoms with Crippen LogP contribution < -0.4 is 11.1 Å². The number of aliphatic imine (C=N–C) groups is 1. The summed E-state index contributed by atoms with van der Waals surface area (Å²) in [7, 11) is 0. The van der Waals surface area contributed by atoms with Gasteiger partial charge in [-0.15, -0.1) is 24.0 Å². The Labute approximate surface area is 201 Å². The SMILES string of the molecule is CC(C)(C)OC(=O)N(CCCN=C(N)NCCc1ccccn1)Cc1cccnc1.I. The van der Waals surface area contributed by atoms with Crippen molar-refractivity contribution < 1.29 is 9.53 Å². The van der Waals surface area contributed by atoms with Gasteiger partial charge in [0.1, 0.15) is 5.60 Å². The summed E-state index contributed by atoms with van der Waals surface area (Å²) in [5.74, 6) is 0.391. The Bertz CT molecular complexity index is 797.